The number of benzene rings is 2. The van der Waals surface area contributed by atoms with E-state index in [1.807, 2.05) is 36.4 Å². The lowest BCUT2D eigenvalue weighted by molar-refractivity contribution is 0.426. The van der Waals surface area contributed by atoms with Gasteiger partial charge < -0.3 is 15.1 Å². The van der Waals surface area contributed by atoms with E-state index < -0.39 is 14.0 Å². The second-order valence-electron chi connectivity index (χ2n) is 4.35. The molecular formula is C13H14B2O3S2. The molecule has 0 aromatic heterocycles. The maximum Gasteiger partial charge on any atom is 0.488 e. The summed E-state index contributed by atoms with van der Waals surface area (Å²) in [6.45, 7) is 1.30. The van der Waals surface area contributed by atoms with E-state index in [0.717, 1.165) is 15.3 Å². The molecule has 0 fully saturated rings. The molecule has 0 saturated carbocycles. The Morgan fingerprint density at radius 2 is 1.10 bits per heavy atom. The van der Waals surface area contributed by atoms with E-state index >= 15 is 0 Å². The molecule has 0 heterocycles. The van der Waals surface area contributed by atoms with Crippen molar-refractivity contribution < 1.29 is 15.1 Å². The van der Waals surface area contributed by atoms with Gasteiger partial charge >= 0.3 is 14.0 Å². The van der Waals surface area contributed by atoms with Crippen LogP contribution in [-0.4, -0.2) is 29.1 Å². The lowest BCUT2D eigenvalue weighted by Gasteiger charge is -2.05. The van der Waals surface area contributed by atoms with Crippen molar-refractivity contribution in [3.8, 4) is 0 Å². The SMILES string of the molecule is CB(O)c1ccc(SSc2ccc(B(O)O)cc2)cc1. The summed E-state index contributed by atoms with van der Waals surface area (Å²) in [5.74, 6) is 0. The molecule has 0 unspecified atom stereocenters. The summed E-state index contributed by atoms with van der Waals surface area (Å²) in [5, 5.41) is 27.5. The zero-order chi connectivity index (χ0) is 14.5. The van der Waals surface area contributed by atoms with Gasteiger partial charge in [-0.2, -0.15) is 0 Å². The highest BCUT2D eigenvalue weighted by molar-refractivity contribution is 8.76. The molecule has 2 rings (SSSR count). The third kappa shape index (κ3) is 4.33. The highest BCUT2D eigenvalue weighted by atomic mass is 33.1. The molecule has 0 saturated heterocycles. The summed E-state index contributed by atoms with van der Waals surface area (Å²) >= 11 is 0. The molecule has 3 N–H and O–H groups in total. The molecule has 7 heteroatoms. The van der Waals surface area contributed by atoms with Crippen LogP contribution in [0.2, 0.25) is 6.82 Å². The van der Waals surface area contributed by atoms with Crippen LogP contribution in [0.1, 0.15) is 0 Å². The predicted molar refractivity (Wildman–Crippen MR) is 87.9 cm³/mol. The van der Waals surface area contributed by atoms with Gasteiger partial charge in [-0.1, -0.05) is 52.7 Å². The molecule has 0 aliphatic heterocycles. The van der Waals surface area contributed by atoms with Crippen LogP contribution in [0.4, 0.5) is 0 Å². The van der Waals surface area contributed by atoms with Gasteiger partial charge in [0.05, 0.1) is 0 Å². The van der Waals surface area contributed by atoms with E-state index in [4.69, 9.17) is 10.0 Å². The Morgan fingerprint density at radius 3 is 1.45 bits per heavy atom. The molecule has 3 nitrogen and oxygen atoms in total. The Morgan fingerprint density at radius 1 is 0.700 bits per heavy atom. The van der Waals surface area contributed by atoms with Gasteiger partial charge in [0.15, 0.2) is 0 Å². The first-order chi connectivity index (χ1) is 9.56. The van der Waals surface area contributed by atoms with Gasteiger partial charge in [0.1, 0.15) is 0 Å². The zero-order valence-corrected chi connectivity index (χ0v) is 12.6. The fourth-order valence-corrected chi connectivity index (χ4v) is 3.52. The van der Waals surface area contributed by atoms with Crippen LogP contribution in [0.15, 0.2) is 58.3 Å². The smallest absolute Gasteiger partial charge is 0.447 e. The van der Waals surface area contributed by atoms with Crippen molar-refractivity contribution in [3.05, 3.63) is 48.5 Å². The summed E-state index contributed by atoms with van der Waals surface area (Å²) in [6.07, 6.45) is 0. The van der Waals surface area contributed by atoms with Crippen LogP contribution >= 0.6 is 21.6 Å². The Labute approximate surface area is 127 Å². The average Bonchev–Trinajstić information content (AvgIpc) is 2.46. The standard InChI is InChI=1S/C13H14B2O3S2/c1-14(16)10-2-6-12(7-3-10)19-20-13-8-4-11(5-9-13)15(17)18/h2-9,16-18H,1H3. The normalized spacial score (nSPS) is 10.4. The van der Waals surface area contributed by atoms with Crippen LogP contribution in [-0.2, 0) is 0 Å². The van der Waals surface area contributed by atoms with Crippen molar-refractivity contribution in [2.24, 2.45) is 0 Å². The van der Waals surface area contributed by atoms with Gasteiger partial charge in [0, 0.05) is 9.79 Å². The highest BCUT2D eigenvalue weighted by Crippen LogP contribution is 2.36. The van der Waals surface area contributed by atoms with Crippen LogP contribution in [0, 0.1) is 0 Å². The quantitative estimate of drug-likeness (QED) is 0.568. The van der Waals surface area contributed by atoms with Crippen LogP contribution in [0.5, 0.6) is 0 Å². The fourth-order valence-electron chi connectivity index (χ4n) is 1.59. The van der Waals surface area contributed by atoms with Gasteiger partial charge in [-0.3, -0.25) is 0 Å². The third-order valence-corrected chi connectivity index (χ3v) is 5.19. The average molecular weight is 304 g/mol. The summed E-state index contributed by atoms with van der Waals surface area (Å²) in [7, 11) is 1.80. The molecule has 2 aromatic rings. The van der Waals surface area contributed by atoms with Gasteiger partial charge in [-0.25, -0.2) is 0 Å². The molecule has 20 heavy (non-hydrogen) atoms. The van der Waals surface area contributed by atoms with Gasteiger partial charge in [0.2, 0.25) is 0 Å². The van der Waals surface area contributed by atoms with E-state index in [1.165, 1.54) is 0 Å². The van der Waals surface area contributed by atoms with Gasteiger partial charge in [-0.05, 0) is 35.2 Å². The first kappa shape index (κ1) is 15.5. The lowest BCUT2D eigenvalue weighted by Crippen LogP contribution is -2.29. The van der Waals surface area contributed by atoms with Crippen molar-refractivity contribution in [1.29, 1.82) is 0 Å². The van der Waals surface area contributed by atoms with Crippen LogP contribution in [0.25, 0.3) is 0 Å². The number of rotatable bonds is 5. The predicted octanol–water partition coefficient (Wildman–Crippen LogP) is 0.986. The molecule has 0 aliphatic carbocycles. The first-order valence-corrected chi connectivity index (χ1v) is 8.30. The highest BCUT2D eigenvalue weighted by Gasteiger charge is 2.10. The second-order valence-corrected chi connectivity index (χ2v) is 6.63. The largest absolute Gasteiger partial charge is 0.488 e. The first-order valence-electron chi connectivity index (χ1n) is 6.15. The van der Waals surface area contributed by atoms with Gasteiger partial charge in [0.25, 0.3) is 0 Å². The molecule has 0 atom stereocenters. The minimum atomic E-state index is -1.42. The molecular weight excluding hydrogens is 290 g/mol. The maximum absolute atomic E-state index is 9.44. The maximum atomic E-state index is 9.44. The molecule has 0 radical (unpaired) electrons. The molecule has 102 valence electrons. The van der Waals surface area contributed by atoms with E-state index in [-0.39, 0.29) is 0 Å². The van der Waals surface area contributed by atoms with Gasteiger partial charge in [-0.15, -0.1) is 0 Å². The van der Waals surface area contributed by atoms with E-state index in [9.17, 15) is 5.02 Å². The molecule has 0 spiro atoms. The van der Waals surface area contributed by atoms with Crippen LogP contribution < -0.4 is 10.9 Å². The van der Waals surface area contributed by atoms with E-state index in [1.54, 1.807) is 40.5 Å². The molecule has 2 aromatic carbocycles. The fraction of sp³-hybridized carbons (Fsp3) is 0.0769. The summed E-state index contributed by atoms with van der Waals surface area (Å²) in [4.78, 5) is 2.14. The Balaban J connectivity index is 1.94. The molecule has 0 aliphatic rings. The van der Waals surface area contributed by atoms with E-state index in [2.05, 4.69) is 0 Å². The topological polar surface area (TPSA) is 60.7 Å². The second kappa shape index (κ2) is 7.24. The van der Waals surface area contributed by atoms with Crippen molar-refractivity contribution >= 4 is 46.5 Å². The van der Waals surface area contributed by atoms with Crippen molar-refractivity contribution in [2.45, 2.75) is 16.6 Å². The minimum Gasteiger partial charge on any atom is -0.447 e. The third-order valence-electron chi connectivity index (χ3n) is 2.77. The Hall–Kier alpha value is -0.850. The Bertz CT molecular complexity index is 493. The van der Waals surface area contributed by atoms with E-state index in [0.29, 0.717) is 5.46 Å². The monoisotopic (exact) mass is 304 g/mol. The molecule has 0 amide bonds. The summed E-state index contributed by atoms with van der Waals surface area (Å²) in [5.41, 5.74) is 1.39. The Kier molecular flexibility index (Phi) is 5.63. The van der Waals surface area contributed by atoms with Crippen molar-refractivity contribution in [1.82, 2.24) is 0 Å². The lowest BCUT2D eigenvalue weighted by atomic mass is 9.64. The van der Waals surface area contributed by atoms with Crippen molar-refractivity contribution in [3.63, 3.8) is 0 Å². The number of hydrogen-bond donors (Lipinski definition) is 3. The minimum absolute atomic E-state index is 0.445. The summed E-state index contributed by atoms with van der Waals surface area (Å²) in [6, 6.07) is 14.9. The molecule has 0 bridgehead atoms. The van der Waals surface area contributed by atoms with Crippen LogP contribution in [0.3, 0.4) is 0 Å². The zero-order valence-electron chi connectivity index (χ0n) is 10.9. The number of hydrogen-bond acceptors (Lipinski definition) is 5. The van der Waals surface area contributed by atoms with Crippen molar-refractivity contribution in [2.75, 3.05) is 0 Å². The summed E-state index contributed by atoms with van der Waals surface area (Å²) < 4.78 is 0.